The van der Waals surface area contributed by atoms with Crippen LogP contribution in [0.25, 0.3) is 0 Å². The lowest BCUT2D eigenvalue weighted by molar-refractivity contribution is 0.0827. The van der Waals surface area contributed by atoms with Crippen molar-refractivity contribution >= 4 is 11.6 Å². The molecule has 0 saturated heterocycles. The molecule has 5 nitrogen and oxygen atoms in total. The van der Waals surface area contributed by atoms with Gasteiger partial charge in [0.2, 0.25) is 0 Å². The van der Waals surface area contributed by atoms with Crippen molar-refractivity contribution in [2.45, 2.75) is 20.4 Å². The average Bonchev–Trinajstić information content (AvgIpc) is 2.90. The molecule has 2 aromatic rings. The Morgan fingerprint density at radius 2 is 2.09 bits per heavy atom. The number of anilines is 1. The van der Waals surface area contributed by atoms with Crippen LogP contribution in [0.5, 0.6) is 5.75 Å². The maximum Gasteiger partial charge on any atom is 0.253 e. The van der Waals surface area contributed by atoms with Crippen LogP contribution in [-0.4, -0.2) is 31.5 Å². The summed E-state index contributed by atoms with van der Waals surface area (Å²) in [5.41, 5.74) is 2.55. The molecule has 118 valence electrons. The molecule has 0 saturated carbocycles. The number of furan rings is 1. The van der Waals surface area contributed by atoms with Crippen LogP contribution < -0.4 is 10.1 Å². The molecule has 1 N–H and O–H groups in total. The van der Waals surface area contributed by atoms with Crippen LogP contribution in [-0.2, 0) is 6.54 Å². The van der Waals surface area contributed by atoms with Crippen molar-refractivity contribution in [3.05, 3.63) is 47.4 Å². The Morgan fingerprint density at radius 1 is 1.32 bits per heavy atom. The molecule has 1 aromatic carbocycles. The monoisotopic (exact) mass is 302 g/mol. The molecule has 1 heterocycles. The van der Waals surface area contributed by atoms with E-state index >= 15 is 0 Å². The Kier molecular flexibility index (Phi) is 5.09. The molecule has 5 heteroatoms. The van der Waals surface area contributed by atoms with E-state index < -0.39 is 0 Å². The lowest BCUT2D eigenvalue weighted by Gasteiger charge is -2.15. The van der Waals surface area contributed by atoms with Crippen LogP contribution in [0.2, 0.25) is 0 Å². The van der Waals surface area contributed by atoms with Crippen LogP contribution in [0, 0.1) is 6.92 Å². The van der Waals surface area contributed by atoms with Gasteiger partial charge in [0.1, 0.15) is 11.5 Å². The molecule has 0 aliphatic rings. The number of carbonyl (C=O) groups is 1. The van der Waals surface area contributed by atoms with E-state index in [1.165, 1.54) is 0 Å². The second-order valence-electron chi connectivity index (χ2n) is 5.22. The third kappa shape index (κ3) is 3.61. The number of rotatable bonds is 6. The molecular weight excluding hydrogens is 280 g/mol. The molecule has 2 rings (SSSR count). The molecule has 22 heavy (non-hydrogen) atoms. The van der Waals surface area contributed by atoms with Crippen molar-refractivity contribution in [2.75, 3.05) is 26.0 Å². The lowest BCUT2D eigenvalue weighted by atomic mass is 10.1. The fourth-order valence-corrected chi connectivity index (χ4v) is 2.10. The molecule has 1 aromatic heterocycles. The Balaban J connectivity index is 2.19. The van der Waals surface area contributed by atoms with Crippen molar-refractivity contribution in [1.29, 1.82) is 0 Å². The fraction of sp³-hybridized carbons (Fsp3) is 0.353. The molecule has 0 aliphatic carbocycles. The largest absolute Gasteiger partial charge is 0.492 e. The minimum Gasteiger partial charge on any atom is -0.492 e. The van der Waals surface area contributed by atoms with Crippen LogP contribution >= 0.6 is 0 Å². The Labute approximate surface area is 130 Å². The van der Waals surface area contributed by atoms with Crippen LogP contribution in [0.4, 0.5) is 5.69 Å². The van der Waals surface area contributed by atoms with Crippen molar-refractivity contribution < 1.29 is 13.9 Å². The number of ether oxygens (including phenoxy) is 1. The average molecular weight is 302 g/mol. The highest BCUT2D eigenvalue weighted by molar-refractivity contribution is 5.95. The smallest absolute Gasteiger partial charge is 0.253 e. The molecule has 0 atom stereocenters. The number of hydrogen-bond acceptors (Lipinski definition) is 4. The zero-order chi connectivity index (χ0) is 16.1. The van der Waals surface area contributed by atoms with Gasteiger partial charge in [-0.25, -0.2) is 0 Å². The summed E-state index contributed by atoms with van der Waals surface area (Å²) in [6.45, 7) is 5.03. The van der Waals surface area contributed by atoms with Gasteiger partial charge in [0.15, 0.2) is 0 Å². The maximum atomic E-state index is 12.0. The molecule has 0 radical (unpaired) electrons. The summed E-state index contributed by atoms with van der Waals surface area (Å²) in [5.74, 6) is 1.50. The number of amides is 1. The minimum absolute atomic E-state index is 0.0469. The van der Waals surface area contributed by atoms with Gasteiger partial charge in [-0.3, -0.25) is 4.79 Å². The quantitative estimate of drug-likeness (QED) is 0.889. The van der Waals surface area contributed by atoms with Crippen LogP contribution in [0.1, 0.15) is 28.6 Å². The molecular formula is C17H22N2O3. The first kappa shape index (κ1) is 15.9. The Bertz CT molecular complexity index is 647. The van der Waals surface area contributed by atoms with Crippen molar-refractivity contribution in [3.8, 4) is 5.75 Å². The number of nitrogens with zero attached hydrogens (tertiary/aromatic N) is 1. The predicted molar refractivity (Wildman–Crippen MR) is 86.4 cm³/mol. The summed E-state index contributed by atoms with van der Waals surface area (Å²) in [6.07, 6.45) is 1.68. The summed E-state index contributed by atoms with van der Waals surface area (Å²) < 4.78 is 11.1. The van der Waals surface area contributed by atoms with Crippen molar-refractivity contribution in [3.63, 3.8) is 0 Å². The topological polar surface area (TPSA) is 54.7 Å². The first-order valence-corrected chi connectivity index (χ1v) is 7.28. The number of hydrogen-bond donors (Lipinski definition) is 1. The second kappa shape index (κ2) is 7.02. The minimum atomic E-state index is -0.0469. The highest BCUT2D eigenvalue weighted by Gasteiger charge is 2.12. The molecule has 1 amide bonds. The number of aryl methyl sites for hydroxylation is 1. The highest BCUT2D eigenvalue weighted by Crippen LogP contribution is 2.27. The van der Waals surface area contributed by atoms with Crippen molar-refractivity contribution in [1.82, 2.24) is 4.90 Å². The van der Waals surface area contributed by atoms with Gasteiger partial charge >= 0.3 is 0 Å². The Hall–Kier alpha value is -2.43. The van der Waals surface area contributed by atoms with Gasteiger partial charge in [-0.05, 0) is 43.7 Å². The van der Waals surface area contributed by atoms with E-state index in [0.29, 0.717) is 24.5 Å². The van der Waals surface area contributed by atoms with Gasteiger partial charge in [-0.15, -0.1) is 0 Å². The first-order chi connectivity index (χ1) is 10.5. The summed E-state index contributed by atoms with van der Waals surface area (Å²) in [7, 11) is 3.46. The summed E-state index contributed by atoms with van der Waals surface area (Å²) >= 11 is 0. The predicted octanol–water partition coefficient (Wildman–Crippen LogP) is 3.30. The summed E-state index contributed by atoms with van der Waals surface area (Å²) in [5, 5.41) is 3.29. The summed E-state index contributed by atoms with van der Waals surface area (Å²) in [6, 6.07) is 7.35. The van der Waals surface area contributed by atoms with E-state index in [9.17, 15) is 4.79 Å². The van der Waals surface area contributed by atoms with Gasteiger partial charge in [-0.2, -0.15) is 0 Å². The maximum absolute atomic E-state index is 12.0. The SMILES string of the molecule is CCOc1cc(C(=O)N(C)C)ccc1NCc1occc1C. The lowest BCUT2D eigenvalue weighted by Crippen LogP contribution is -2.21. The van der Waals surface area contributed by atoms with E-state index in [4.69, 9.17) is 9.15 Å². The molecule has 0 unspecified atom stereocenters. The third-order valence-electron chi connectivity index (χ3n) is 3.34. The Morgan fingerprint density at radius 3 is 2.68 bits per heavy atom. The molecule has 0 bridgehead atoms. The molecule has 0 aliphatic heterocycles. The summed E-state index contributed by atoms with van der Waals surface area (Å²) in [4.78, 5) is 13.6. The number of nitrogens with one attached hydrogen (secondary N) is 1. The van der Waals surface area contributed by atoms with Crippen LogP contribution in [0.3, 0.4) is 0 Å². The number of carbonyl (C=O) groups excluding carboxylic acids is 1. The van der Waals surface area contributed by atoms with E-state index in [0.717, 1.165) is 17.0 Å². The van der Waals surface area contributed by atoms with Crippen LogP contribution in [0.15, 0.2) is 34.9 Å². The van der Waals surface area contributed by atoms with Gasteiger partial charge in [0.05, 0.1) is 25.1 Å². The van der Waals surface area contributed by atoms with E-state index in [1.54, 1.807) is 37.4 Å². The highest BCUT2D eigenvalue weighted by atomic mass is 16.5. The van der Waals surface area contributed by atoms with E-state index in [1.807, 2.05) is 26.0 Å². The second-order valence-corrected chi connectivity index (χ2v) is 5.22. The van der Waals surface area contributed by atoms with E-state index in [-0.39, 0.29) is 5.91 Å². The van der Waals surface area contributed by atoms with Gasteiger partial charge < -0.3 is 19.4 Å². The normalized spacial score (nSPS) is 10.4. The fourth-order valence-electron chi connectivity index (χ4n) is 2.10. The zero-order valence-corrected chi connectivity index (χ0v) is 13.5. The number of benzene rings is 1. The van der Waals surface area contributed by atoms with Gasteiger partial charge in [-0.1, -0.05) is 0 Å². The molecule has 0 spiro atoms. The van der Waals surface area contributed by atoms with Gasteiger partial charge in [0, 0.05) is 19.7 Å². The standard InChI is InChI=1S/C17H22N2O3/c1-5-21-15-10-13(17(20)19(3)4)6-7-14(15)18-11-16-12(2)8-9-22-16/h6-10,18H,5,11H2,1-4H3. The van der Waals surface area contributed by atoms with Gasteiger partial charge in [0.25, 0.3) is 5.91 Å². The van der Waals surface area contributed by atoms with Crippen molar-refractivity contribution in [2.24, 2.45) is 0 Å². The first-order valence-electron chi connectivity index (χ1n) is 7.28. The zero-order valence-electron chi connectivity index (χ0n) is 13.5. The van der Waals surface area contributed by atoms with E-state index in [2.05, 4.69) is 5.32 Å². The third-order valence-corrected chi connectivity index (χ3v) is 3.34. The molecule has 0 fully saturated rings.